The van der Waals surface area contributed by atoms with Crippen LogP contribution in [-0.4, -0.2) is 30.0 Å². The van der Waals surface area contributed by atoms with Crippen LogP contribution in [0, 0.1) is 0 Å². The first-order valence-corrected chi connectivity index (χ1v) is 4.83. The van der Waals surface area contributed by atoms with Crippen molar-refractivity contribution in [2.24, 2.45) is 0 Å². The zero-order valence-corrected chi connectivity index (χ0v) is 8.47. The number of rotatable bonds is 2. The minimum absolute atomic E-state index is 0.0958. The van der Waals surface area contributed by atoms with Crippen molar-refractivity contribution >= 4 is 23.2 Å². The SMILES string of the molecule is O=C1OCC(OC(=O)c2cc3occc3[nH]2)O1. The molecule has 0 spiro atoms. The molecule has 1 unspecified atom stereocenters. The van der Waals surface area contributed by atoms with Crippen LogP contribution in [0.1, 0.15) is 10.5 Å². The minimum atomic E-state index is -0.996. The molecule has 1 fully saturated rings. The number of esters is 1. The molecule has 2 aromatic heterocycles. The highest BCUT2D eigenvalue weighted by Gasteiger charge is 2.29. The molecule has 3 rings (SSSR count). The second kappa shape index (κ2) is 3.55. The lowest BCUT2D eigenvalue weighted by Gasteiger charge is -2.06. The number of aromatic amines is 1. The van der Waals surface area contributed by atoms with E-state index in [4.69, 9.17) is 9.15 Å². The maximum absolute atomic E-state index is 11.6. The number of carbonyl (C=O) groups is 2. The van der Waals surface area contributed by atoms with Crippen LogP contribution in [0.3, 0.4) is 0 Å². The fourth-order valence-electron chi connectivity index (χ4n) is 1.51. The van der Waals surface area contributed by atoms with Crippen LogP contribution in [0.5, 0.6) is 0 Å². The monoisotopic (exact) mass is 237 g/mol. The molecule has 1 aliphatic rings. The third kappa shape index (κ3) is 1.71. The van der Waals surface area contributed by atoms with Crippen molar-refractivity contribution < 1.29 is 28.2 Å². The smallest absolute Gasteiger partial charge is 0.463 e. The van der Waals surface area contributed by atoms with Crippen LogP contribution in [0.25, 0.3) is 11.1 Å². The molecular weight excluding hydrogens is 230 g/mol. The van der Waals surface area contributed by atoms with Gasteiger partial charge in [-0.05, 0) is 0 Å². The predicted molar refractivity (Wildman–Crippen MR) is 52.2 cm³/mol. The zero-order chi connectivity index (χ0) is 11.8. The first-order chi connectivity index (χ1) is 8.22. The van der Waals surface area contributed by atoms with Gasteiger partial charge in [0, 0.05) is 12.1 Å². The van der Waals surface area contributed by atoms with Gasteiger partial charge < -0.3 is 23.6 Å². The Balaban J connectivity index is 1.73. The third-order valence-corrected chi connectivity index (χ3v) is 2.26. The molecule has 7 heteroatoms. The van der Waals surface area contributed by atoms with Crippen molar-refractivity contribution in [1.29, 1.82) is 0 Å². The molecule has 1 aliphatic heterocycles. The molecule has 1 atom stereocenters. The number of ether oxygens (including phenoxy) is 3. The molecule has 0 amide bonds. The van der Waals surface area contributed by atoms with E-state index in [2.05, 4.69) is 14.5 Å². The Hall–Kier alpha value is -2.44. The fourth-order valence-corrected chi connectivity index (χ4v) is 1.51. The normalized spacial score (nSPS) is 19.1. The van der Waals surface area contributed by atoms with Crippen LogP contribution in [0.4, 0.5) is 4.79 Å². The van der Waals surface area contributed by atoms with E-state index in [1.165, 1.54) is 12.3 Å². The lowest BCUT2D eigenvalue weighted by molar-refractivity contribution is -0.0467. The number of furan rings is 1. The standard InChI is InChI=1S/C10H7NO6/c12-9(16-8-4-15-10(13)17-8)6-3-7-5(11-6)1-2-14-7/h1-3,8,11H,4H2. The lowest BCUT2D eigenvalue weighted by atomic mass is 10.4. The average Bonchev–Trinajstić information content (AvgIpc) is 2.92. The molecule has 1 N–H and O–H groups in total. The summed E-state index contributed by atoms with van der Waals surface area (Å²) in [7, 11) is 0. The van der Waals surface area contributed by atoms with Crippen molar-refractivity contribution in [3.8, 4) is 0 Å². The summed E-state index contributed by atoms with van der Waals surface area (Å²) >= 11 is 0. The van der Waals surface area contributed by atoms with Crippen LogP contribution in [0.2, 0.25) is 0 Å². The number of hydrogen-bond donors (Lipinski definition) is 1. The van der Waals surface area contributed by atoms with E-state index < -0.39 is 18.4 Å². The molecule has 17 heavy (non-hydrogen) atoms. The summed E-state index contributed by atoms with van der Waals surface area (Å²) in [6, 6.07) is 3.19. The van der Waals surface area contributed by atoms with Crippen molar-refractivity contribution in [2.75, 3.05) is 6.61 Å². The largest absolute Gasteiger partial charge is 0.511 e. The molecular formula is C10H7NO6. The van der Waals surface area contributed by atoms with Gasteiger partial charge in [-0.1, -0.05) is 0 Å². The molecule has 2 aromatic rings. The topological polar surface area (TPSA) is 90.8 Å². The summed E-state index contributed by atoms with van der Waals surface area (Å²) in [5.41, 5.74) is 1.47. The van der Waals surface area contributed by atoms with Crippen LogP contribution in [-0.2, 0) is 14.2 Å². The van der Waals surface area contributed by atoms with Gasteiger partial charge in [-0.15, -0.1) is 0 Å². The molecule has 3 heterocycles. The number of H-pyrrole nitrogens is 1. The first-order valence-electron chi connectivity index (χ1n) is 4.83. The van der Waals surface area contributed by atoms with Gasteiger partial charge in [-0.2, -0.15) is 0 Å². The predicted octanol–water partition coefficient (Wildman–Crippen LogP) is 1.41. The quantitative estimate of drug-likeness (QED) is 0.794. The van der Waals surface area contributed by atoms with Crippen LogP contribution in [0.15, 0.2) is 22.8 Å². The summed E-state index contributed by atoms with van der Waals surface area (Å²) in [6.45, 7) is -0.0958. The third-order valence-electron chi connectivity index (χ3n) is 2.26. The second-order valence-corrected chi connectivity index (χ2v) is 3.40. The van der Waals surface area contributed by atoms with Gasteiger partial charge in [0.15, 0.2) is 12.2 Å². The molecule has 1 saturated heterocycles. The summed E-state index contributed by atoms with van der Waals surface area (Å²) in [5, 5.41) is 0. The van der Waals surface area contributed by atoms with Gasteiger partial charge in [-0.3, -0.25) is 0 Å². The van der Waals surface area contributed by atoms with Gasteiger partial charge in [0.2, 0.25) is 0 Å². The van der Waals surface area contributed by atoms with E-state index in [-0.39, 0.29) is 12.3 Å². The number of nitrogens with one attached hydrogen (secondary N) is 1. The molecule has 0 radical (unpaired) electrons. The molecule has 0 saturated carbocycles. The van der Waals surface area contributed by atoms with E-state index in [0.717, 1.165) is 0 Å². The zero-order valence-electron chi connectivity index (χ0n) is 8.47. The van der Waals surface area contributed by atoms with Crippen molar-refractivity contribution in [2.45, 2.75) is 6.29 Å². The summed E-state index contributed by atoms with van der Waals surface area (Å²) < 4.78 is 19.0. The van der Waals surface area contributed by atoms with Crippen molar-refractivity contribution in [3.05, 3.63) is 24.1 Å². The minimum Gasteiger partial charge on any atom is -0.463 e. The van der Waals surface area contributed by atoms with E-state index in [9.17, 15) is 9.59 Å². The highest BCUT2D eigenvalue weighted by molar-refractivity contribution is 5.93. The van der Waals surface area contributed by atoms with Crippen molar-refractivity contribution in [1.82, 2.24) is 4.98 Å². The maximum atomic E-state index is 11.6. The summed E-state index contributed by atoms with van der Waals surface area (Å²) in [4.78, 5) is 25.1. The molecule has 0 aromatic carbocycles. The molecule has 0 bridgehead atoms. The Labute approximate surface area is 94.2 Å². The van der Waals surface area contributed by atoms with E-state index in [1.807, 2.05) is 0 Å². The van der Waals surface area contributed by atoms with Gasteiger partial charge in [0.25, 0.3) is 6.29 Å². The van der Waals surface area contributed by atoms with Gasteiger partial charge >= 0.3 is 12.1 Å². The van der Waals surface area contributed by atoms with Crippen LogP contribution >= 0.6 is 0 Å². The maximum Gasteiger partial charge on any atom is 0.511 e. The summed E-state index contributed by atoms with van der Waals surface area (Å²) in [5.74, 6) is -0.639. The first kappa shape index (κ1) is 9.76. The highest BCUT2D eigenvalue weighted by Crippen LogP contribution is 2.18. The number of cyclic esters (lactones) is 2. The number of fused-ring (bicyclic) bond motifs is 1. The van der Waals surface area contributed by atoms with E-state index >= 15 is 0 Å². The Morgan fingerprint density at radius 1 is 1.53 bits per heavy atom. The summed E-state index contributed by atoms with van der Waals surface area (Å²) in [6.07, 6.45) is -0.337. The molecule has 0 aliphatic carbocycles. The highest BCUT2D eigenvalue weighted by atomic mass is 16.8. The molecule has 88 valence electrons. The van der Waals surface area contributed by atoms with Crippen molar-refractivity contribution in [3.63, 3.8) is 0 Å². The fraction of sp³-hybridized carbons (Fsp3) is 0.200. The van der Waals surface area contributed by atoms with Crippen LogP contribution < -0.4 is 0 Å². The molecule has 7 nitrogen and oxygen atoms in total. The van der Waals surface area contributed by atoms with E-state index in [0.29, 0.717) is 11.1 Å². The number of aromatic nitrogens is 1. The Morgan fingerprint density at radius 3 is 3.12 bits per heavy atom. The van der Waals surface area contributed by atoms with E-state index in [1.54, 1.807) is 6.07 Å². The number of carbonyl (C=O) groups excluding carboxylic acids is 2. The Morgan fingerprint density at radius 2 is 2.41 bits per heavy atom. The van der Waals surface area contributed by atoms with Gasteiger partial charge in [-0.25, -0.2) is 9.59 Å². The Bertz CT molecular complexity index is 554. The Kier molecular flexibility index (Phi) is 2.04. The van der Waals surface area contributed by atoms with Gasteiger partial charge in [0.05, 0.1) is 11.8 Å². The average molecular weight is 237 g/mol. The lowest BCUT2D eigenvalue weighted by Crippen LogP contribution is -2.20. The number of hydrogen-bond acceptors (Lipinski definition) is 6. The van der Waals surface area contributed by atoms with Gasteiger partial charge in [0.1, 0.15) is 5.69 Å². The second-order valence-electron chi connectivity index (χ2n) is 3.40.